The Morgan fingerprint density at radius 2 is 1.80 bits per heavy atom. The predicted molar refractivity (Wildman–Crippen MR) is 104 cm³/mol. The zero-order chi connectivity index (χ0) is 22.0. The lowest BCUT2D eigenvalue weighted by atomic mass is 10.1. The smallest absolute Gasteiger partial charge is 0.337 e. The van der Waals surface area contributed by atoms with Crippen molar-refractivity contribution in [3.8, 4) is 0 Å². The number of hydrogen-bond acceptors (Lipinski definition) is 7. The lowest BCUT2D eigenvalue weighted by molar-refractivity contribution is -0.384. The molecule has 0 unspecified atom stereocenters. The van der Waals surface area contributed by atoms with Gasteiger partial charge in [0.05, 0.1) is 28.7 Å². The van der Waals surface area contributed by atoms with Crippen LogP contribution in [0.2, 0.25) is 0 Å². The third kappa shape index (κ3) is 3.88. The Bertz CT molecular complexity index is 1090. The van der Waals surface area contributed by atoms with Gasteiger partial charge in [-0.15, -0.1) is 0 Å². The number of carbonyl (C=O) groups is 4. The molecule has 1 N–H and O–H groups in total. The van der Waals surface area contributed by atoms with Crippen molar-refractivity contribution < 1.29 is 28.8 Å². The summed E-state index contributed by atoms with van der Waals surface area (Å²) in [4.78, 5) is 59.8. The average Bonchev–Trinajstić information content (AvgIpc) is 2.96. The van der Waals surface area contributed by atoms with Gasteiger partial charge in [-0.2, -0.15) is 0 Å². The van der Waals surface area contributed by atoms with Gasteiger partial charge in [0.2, 0.25) is 5.91 Å². The molecule has 154 valence electrons. The molecule has 2 aromatic carbocycles. The van der Waals surface area contributed by atoms with Crippen LogP contribution in [0.4, 0.5) is 11.4 Å². The van der Waals surface area contributed by atoms with Crippen molar-refractivity contribution >= 4 is 35.1 Å². The highest BCUT2D eigenvalue weighted by Gasteiger charge is 2.36. The van der Waals surface area contributed by atoms with Crippen molar-refractivity contribution in [1.29, 1.82) is 0 Å². The molecule has 0 radical (unpaired) electrons. The van der Waals surface area contributed by atoms with Gasteiger partial charge >= 0.3 is 5.97 Å². The van der Waals surface area contributed by atoms with E-state index < -0.39 is 28.6 Å². The zero-order valence-corrected chi connectivity index (χ0v) is 16.1. The minimum atomic E-state index is -0.676. The summed E-state index contributed by atoms with van der Waals surface area (Å²) in [6, 6.07) is 8.08. The summed E-state index contributed by atoms with van der Waals surface area (Å²) < 4.78 is 4.64. The van der Waals surface area contributed by atoms with Gasteiger partial charge < -0.3 is 10.1 Å². The van der Waals surface area contributed by atoms with Crippen molar-refractivity contribution in [2.75, 3.05) is 19.0 Å². The molecule has 1 aliphatic heterocycles. The minimum absolute atomic E-state index is 0.0520. The third-order valence-corrected chi connectivity index (χ3v) is 4.65. The molecule has 0 saturated heterocycles. The minimum Gasteiger partial charge on any atom is -0.465 e. The Kier molecular flexibility index (Phi) is 5.58. The molecule has 10 heteroatoms. The highest BCUT2D eigenvalue weighted by molar-refractivity contribution is 6.21. The normalized spacial score (nSPS) is 12.5. The first-order valence-electron chi connectivity index (χ1n) is 8.86. The number of nitrogens with zero attached hydrogens (tertiary/aromatic N) is 2. The zero-order valence-electron chi connectivity index (χ0n) is 16.1. The monoisotopic (exact) mass is 411 g/mol. The molecule has 10 nitrogen and oxygen atoms in total. The van der Waals surface area contributed by atoms with E-state index >= 15 is 0 Å². The van der Waals surface area contributed by atoms with Crippen LogP contribution in [0.25, 0.3) is 0 Å². The van der Waals surface area contributed by atoms with Gasteiger partial charge in [-0.25, -0.2) is 4.79 Å². The summed E-state index contributed by atoms with van der Waals surface area (Å²) >= 11 is 0. The lowest BCUT2D eigenvalue weighted by Crippen LogP contribution is -2.32. The molecule has 1 aliphatic rings. The number of nitrogens with one attached hydrogen (secondary N) is 1. The molecule has 1 heterocycles. The Hall–Kier alpha value is -4.08. The average molecular weight is 411 g/mol. The summed E-state index contributed by atoms with van der Waals surface area (Å²) in [5, 5.41) is 13.5. The number of rotatable bonds is 6. The molecule has 0 saturated carbocycles. The quantitative estimate of drug-likeness (QED) is 0.333. The van der Waals surface area contributed by atoms with Crippen molar-refractivity contribution in [2.24, 2.45) is 0 Å². The van der Waals surface area contributed by atoms with E-state index in [1.54, 1.807) is 19.1 Å². The second kappa shape index (κ2) is 8.11. The Balaban J connectivity index is 1.65. The summed E-state index contributed by atoms with van der Waals surface area (Å²) in [6.45, 7) is 1.53. The first kappa shape index (κ1) is 20.6. The van der Waals surface area contributed by atoms with E-state index in [1.165, 1.54) is 19.2 Å². The topological polar surface area (TPSA) is 136 Å². The van der Waals surface area contributed by atoms with Crippen molar-refractivity contribution in [2.45, 2.75) is 13.3 Å². The first-order valence-corrected chi connectivity index (χ1v) is 8.86. The van der Waals surface area contributed by atoms with E-state index in [2.05, 4.69) is 10.1 Å². The standard InChI is InChI=1S/C20H17N3O7/c1-11-9-12(20(27)30-2)3-6-16(11)21-17(24)7-8-22-18(25)14-5-4-13(23(28)29)10-15(14)19(22)26/h3-6,9-10H,7-8H2,1-2H3,(H,21,24). The molecule has 0 atom stereocenters. The van der Waals surface area contributed by atoms with E-state index in [0.29, 0.717) is 16.8 Å². The molecule has 2 aromatic rings. The van der Waals surface area contributed by atoms with E-state index in [9.17, 15) is 29.3 Å². The Morgan fingerprint density at radius 3 is 2.43 bits per heavy atom. The molecular formula is C20H17N3O7. The van der Waals surface area contributed by atoms with Gasteiger partial charge in [0.15, 0.2) is 0 Å². The van der Waals surface area contributed by atoms with Crippen LogP contribution in [0.5, 0.6) is 0 Å². The van der Waals surface area contributed by atoms with Gasteiger partial charge in [-0.3, -0.25) is 29.4 Å². The number of nitro groups is 1. The number of methoxy groups -OCH3 is 1. The van der Waals surface area contributed by atoms with Crippen LogP contribution in [-0.4, -0.2) is 47.2 Å². The summed E-state index contributed by atoms with van der Waals surface area (Å²) in [5.74, 6) is -2.21. The fraction of sp³-hybridized carbons (Fsp3) is 0.200. The number of imide groups is 1. The third-order valence-electron chi connectivity index (χ3n) is 4.65. The Labute approximate surface area is 170 Å². The fourth-order valence-electron chi connectivity index (χ4n) is 3.07. The van der Waals surface area contributed by atoms with Crippen LogP contribution >= 0.6 is 0 Å². The van der Waals surface area contributed by atoms with Gasteiger partial charge in [0, 0.05) is 30.8 Å². The lowest BCUT2D eigenvalue weighted by Gasteiger charge is -2.14. The van der Waals surface area contributed by atoms with E-state index in [1.807, 2.05) is 0 Å². The molecule has 3 amide bonds. The SMILES string of the molecule is COC(=O)c1ccc(NC(=O)CCN2C(=O)c3ccc([N+](=O)[O-])cc3C2=O)c(C)c1. The molecule has 3 rings (SSSR count). The summed E-state index contributed by atoms with van der Waals surface area (Å²) in [5.41, 5.74) is 1.18. The molecule has 0 spiro atoms. The maximum Gasteiger partial charge on any atom is 0.337 e. The van der Waals surface area contributed by atoms with Crippen LogP contribution in [0.3, 0.4) is 0 Å². The van der Waals surface area contributed by atoms with E-state index in [0.717, 1.165) is 17.0 Å². The number of ether oxygens (including phenoxy) is 1. The number of anilines is 1. The van der Waals surface area contributed by atoms with Crippen LogP contribution in [-0.2, 0) is 9.53 Å². The Morgan fingerprint density at radius 1 is 1.10 bits per heavy atom. The molecular weight excluding hydrogens is 394 g/mol. The van der Waals surface area contributed by atoms with Crippen molar-refractivity contribution in [3.63, 3.8) is 0 Å². The number of non-ortho nitro benzene ring substituents is 1. The van der Waals surface area contributed by atoms with Crippen LogP contribution < -0.4 is 5.32 Å². The van der Waals surface area contributed by atoms with E-state index in [-0.39, 0.29) is 29.8 Å². The molecule has 0 aromatic heterocycles. The van der Waals surface area contributed by atoms with Crippen LogP contribution in [0.1, 0.15) is 43.1 Å². The molecule has 0 fully saturated rings. The van der Waals surface area contributed by atoms with Gasteiger partial charge in [0.1, 0.15) is 0 Å². The van der Waals surface area contributed by atoms with Gasteiger partial charge in [-0.1, -0.05) is 0 Å². The summed E-state index contributed by atoms with van der Waals surface area (Å²) in [6.07, 6.45) is -0.161. The van der Waals surface area contributed by atoms with E-state index in [4.69, 9.17) is 0 Å². The predicted octanol–water partition coefficient (Wildman–Crippen LogP) is 2.31. The van der Waals surface area contributed by atoms with Crippen LogP contribution in [0, 0.1) is 17.0 Å². The molecule has 0 bridgehead atoms. The number of carbonyl (C=O) groups excluding carboxylic acids is 4. The largest absolute Gasteiger partial charge is 0.465 e. The number of benzene rings is 2. The number of esters is 1. The van der Waals surface area contributed by atoms with Gasteiger partial charge in [0.25, 0.3) is 17.5 Å². The summed E-state index contributed by atoms with van der Waals surface area (Å²) in [7, 11) is 1.27. The maximum atomic E-state index is 12.4. The highest BCUT2D eigenvalue weighted by atomic mass is 16.6. The van der Waals surface area contributed by atoms with Crippen molar-refractivity contribution in [1.82, 2.24) is 4.90 Å². The second-order valence-electron chi connectivity index (χ2n) is 6.57. The van der Waals surface area contributed by atoms with Crippen LogP contribution in [0.15, 0.2) is 36.4 Å². The second-order valence-corrected chi connectivity index (χ2v) is 6.57. The highest BCUT2D eigenvalue weighted by Crippen LogP contribution is 2.27. The first-order chi connectivity index (χ1) is 14.2. The number of nitro benzene ring substituents is 1. The number of amides is 3. The van der Waals surface area contributed by atoms with Gasteiger partial charge in [-0.05, 0) is 36.8 Å². The fourth-order valence-corrected chi connectivity index (χ4v) is 3.07. The number of hydrogen-bond donors (Lipinski definition) is 1. The van der Waals surface area contributed by atoms with Crippen molar-refractivity contribution in [3.05, 3.63) is 68.8 Å². The number of aryl methyl sites for hydroxylation is 1. The molecule has 0 aliphatic carbocycles. The number of fused-ring (bicyclic) bond motifs is 1. The molecule has 30 heavy (non-hydrogen) atoms. The maximum absolute atomic E-state index is 12.4.